The lowest BCUT2D eigenvalue weighted by atomic mass is 10.1. The second-order valence-corrected chi connectivity index (χ2v) is 3.52. The molecule has 60 valence electrons. The minimum Gasteiger partial charge on any atom is -0.368 e. The molecule has 0 bridgehead atoms. The van der Waals surface area contributed by atoms with E-state index in [9.17, 15) is 0 Å². The predicted molar refractivity (Wildman–Crippen MR) is 47.6 cm³/mol. The number of rotatable bonds is 1. The van der Waals surface area contributed by atoms with E-state index in [1.165, 1.54) is 0 Å². The molecule has 1 aliphatic heterocycles. The molecule has 0 spiro atoms. The first-order valence-corrected chi connectivity index (χ1v) is 4.41. The van der Waals surface area contributed by atoms with Gasteiger partial charge in [-0.15, -0.1) is 0 Å². The Kier molecular flexibility index (Phi) is 1.87. The topological polar surface area (TPSA) is 36.3 Å². The molecule has 0 radical (unpaired) electrons. The average Bonchev–Trinajstić information content (AvgIpc) is 2.88. The van der Waals surface area contributed by atoms with Gasteiger partial charge in [0.05, 0.1) is 18.2 Å². The third kappa shape index (κ3) is 1.36. The van der Waals surface area contributed by atoms with Crippen molar-refractivity contribution in [3.05, 3.63) is 33.8 Å². The molecular weight excluding hydrogens is 218 g/mol. The van der Waals surface area contributed by atoms with Gasteiger partial charge in [-0.05, 0) is 23.8 Å². The number of halogens is 1. The number of benzene rings is 1. The van der Waals surface area contributed by atoms with E-state index in [0.717, 1.165) is 16.6 Å². The van der Waals surface area contributed by atoms with Gasteiger partial charge in [-0.25, -0.2) is 0 Å². The number of epoxide rings is 1. The number of ether oxygens (including phenoxy) is 1. The SMILES string of the molecule is N#Cc1ccc(Br)c([C@@H]2CO2)c1. The summed E-state index contributed by atoms with van der Waals surface area (Å²) in [7, 11) is 0. The fraction of sp³-hybridized carbons (Fsp3) is 0.222. The molecule has 0 saturated carbocycles. The van der Waals surface area contributed by atoms with E-state index >= 15 is 0 Å². The highest BCUT2D eigenvalue weighted by molar-refractivity contribution is 9.10. The molecule has 0 aliphatic carbocycles. The van der Waals surface area contributed by atoms with Gasteiger partial charge < -0.3 is 4.74 Å². The number of nitriles is 1. The van der Waals surface area contributed by atoms with Crippen LogP contribution in [0.1, 0.15) is 17.2 Å². The van der Waals surface area contributed by atoms with Gasteiger partial charge in [0.25, 0.3) is 0 Å². The quantitative estimate of drug-likeness (QED) is 0.686. The van der Waals surface area contributed by atoms with Crippen LogP contribution >= 0.6 is 15.9 Å². The lowest BCUT2D eigenvalue weighted by Crippen LogP contribution is -1.84. The normalized spacial score (nSPS) is 20.2. The Morgan fingerprint density at radius 2 is 2.33 bits per heavy atom. The molecule has 1 saturated heterocycles. The van der Waals surface area contributed by atoms with Gasteiger partial charge >= 0.3 is 0 Å². The van der Waals surface area contributed by atoms with Crippen LogP contribution in [0.15, 0.2) is 22.7 Å². The second-order valence-electron chi connectivity index (χ2n) is 2.67. The van der Waals surface area contributed by atoms with Crippen LogP contribution in [0.4, 0.5) is 0 Å². The molecule has 1 aromatic carbocycles. The van der Waals surface area contributed by atoms with Crippen molar-refractivity contribution in [2.24, 2.45) is 0 Å². The summed E-state index contributed by atoms with van der Waals surface area (Å²) in [5.74, 6) is 0. The molecule has 3 heteroatoms. The summed E-state index contributed by atoms with van der Waals surface area (Å²) in [5, 5.41) is 8.65. The average molecular weight is 224 g/mol. The van der Waals surface area contributed by atoms with Crippen LogP contribution < -0.4 is 0 Å². The summed E-state index contributed by atoms with van der Waals surface area (Å²) in [4.78, 5) is 0. The summed E-state index contributed by atoms with van der Waals surface area (Å²) in [6.07, 6.45) is 0.202. The summed E-state index contributed by atoms with van der Waals surface area (Å²) in [6, 6.07) is 7.64. The zero-order valence-electron chi connectivity index (χ0n) is 6.25. The van der Waals surface area contributed by atoms with Crippen molar-refractivity contribution in [1.82, 2.24) is 0 Å². The van der Waals surface area contributed by atoms with Gasteiger partial charge in [-0.1, -0.05) is 15.9 Å². The molecule has 1 heterocycles. The summed E-state index contributed by atoms with van der Waals surface area (Å²) in [5.41, 5.74) is 1.76. The van der Waals surface area contributed by atoms with Gasteiger partial charge in [0.1, 0.15) is 6.10 Å². The lowest BCUT2D eigenvalue weighted by Gasteiger charge is -1.99. The maximum atomic E-state index is 8.65. The molecule has 2 rings (SSSR count). The summed E-state index contributed by atoms with van der Waals surface area (Å²) >= 11 is 3.41. The highest BCUT2D eigenvalue weighted by atomic mass is 79.9. The maximum absolute atomic E-state index is 8.65. The van der Waals surface area contributed by atoms with Crippen LogP contribution in [-0.2, 0) is 4.74 Å². The largest absolute Gasteiger partial charge is 0.368 e. The van der Waals surface area contributed by atoms with Gasteiger partial charge in [0.15, 0.2) is 0 Å². The molecule has 0 amide bonds. The third-order valence-corrected chi connectivity index (χ3v) is 2.53. The molecule has 12 heavy (non-hydrogen) atoms. The van der Waals surface area contributed by atoms with Crippen LogP contribution in [0.25, 0.3) is 0 Å². The molecule has 0 N–H and O–H groups in total. The lowest BCUT2D eigenvalue weighted by molar-refractivity contribution is 0.415. The first kappa shape index (κ1) is 7.78. The van der Waals surface area contributed by atoms with Crippen LogP contribution in [0.5, 0.6) is 0 Å². The van der Waals surface area contributed by atoms with E-state index in [0.29, 0.717) is 5.56 Å². The zero-order chi connectivity index (χ0) is 8.55. The van der Waals surface area contributed by atoms with Crippen LogP contribution in [-0.4, -0.2) is 6.61 Å². The van der Waals surface area contributed by atoms with Crippen molar-refractivity contribution in [3.8, 4) is 6.07 Å². The van der Waals surface area contributed by atoms with Crippen molar-refractivity contribution in [2.75, 3.05) is 6.61 Å². The van der Waals surface area contributed by atoms with Gasteiger partial charge in [0, 0.05) is 4.47 Å². The first-order chi connectivity index (χ1) is 5.81. The molecule has 1 atom stereocenters. The van der Waals surface area contributed by atoms with Gasteiger partial charge in [-0.2, -0.15) is 5.26 Å². The van der Waals surface area contributed by atoms with E-state index in [2.05, 4.69) is 22.0 Å². The Balaban J connectivity index is 2.44. The third-order valence-electron chi connectivity index (χ3n) is 1.81. The Morgan fingerprint density at radius 1 is 1.58 bits per heavy atom. The van der Waals surface area contributed by atoms with Crippen molar-refractivity contribution >= 4 is 15.9 Å². The van der Waals surface area contributed by atoms with Crippen molar-refractivity contribution < 1.29 is 4.74 Å². The highest BCUT2D eigenvalue weighted by Crippen LogP contribution is 2.35. The van der Waals surface area contributed by atoms with Crippen LogP contribution in [0.2, 0.25) is 0 Å². The van der Waals surface area contributed by atoms with E-state index in [1.54, 1.807) is 6.07 Å². The van der Waals surface area contributed by atoms with E-state index < -0.39 is 0 Å². The molecule has 1 fully saturated rings. The Labute approximate surface area is 78.9 Å². The molecule has 1 aromatic rings. The summed E-state index contributed by atoms with van der Waals surface area (Å²) < 4.78 is 6.15. The number of hydrogen-bond donors (Lipinski definition) is 0. The molecule has 0 aromatic heterocycles. The fourth-order valence-electron chi connectivity index (χ4n) is 1.09. The molecule has 0 unspecified atom stereocenters. The zero-order valence-corrected chi connectivity index (χ0v) is 7.84. The maximum Gasteiger partial charge on any atom is 0.107 e. The van der Waals surface area contributed by atoms with E-state index in [4.69, 9.17) is 10.00 Å². The first-order valence-electron chi connectivity index (χ1n) is 3.62. The van der Waals surface area contributed by atoms with E-state index in [-0.39, 0.29) is 6.10 Å². The Hall–Kier alpha value is -0.850. The van der Waals surface area contributed by atoms with Crippen LogP contribution in [0, 0.1) is 11.3 Å². The second kappa shape index (κ2) is 2.89. The number of hydrogen-bond acceptors (Lipinski definition) is 2. The molecule has 2 nitrogen and oxygen atoms in total. The standard InChI is InChI=1S/C9H6BrNO/c10-8-2-1-6(4-11)3-7(8)9-5-12-9/h1-3,9H,5H2/t9-/m0/s1. The van der Waals surface area contributed by atoms with Gasteiger partial charge in [0.2, 0.25) is 0 Å². The molecule has 1 aliphatic rings. The fourth-order valence-corrected chi connectivity index (χ4v) is 1.59. The van der Waals surface area contributed by atoms with E-state index in [1.807, 2.05) is 12.1 Å². The minimum absolute atomic E-state index is 0.202. The summed E-state index contributed by atoms with van der Waals surface area (Å²) in [6.45, 7) is 0.771. The van der Waals surface area contributed by atoms with Crippen molar-refractivity contribution in [3.63, 3.8) is 0 Å². The minimum atomic E-state index is 0.202. The monoisotopic (exact) mass is 223 g/mol. The molecular formula is C9H6BrNO. The number of nitrogens with zero attached hydrogens (tertiary/aromatic N) is 1. The van der Waals surface area contributed by atoms with Crippen LogP contribution in [0.3, 0.4) is 0 Å². The smallest absolute Gasteiger partial charge is 0.107 e. The van der Waals surface area contributed by atoms with Crippen molar-refractivity contribution in [2.45, 2.75) is 6.10 Å². The Morgan fingerprint density at radius 3 is 2.92 bits per heavy atom. The van der Waals surface area contributed by atoms with Crippen molar-refractivity contribution in [1.29, 1.82) is 5.26 Å². The highest BCUT2D eigenvalue weighted by Gasteiger charge is 2.26. The predicted octanol–water partition coefficient (Wildman–Crippen LogP) is 2.39. The van der Waals surface area contributed by atoms with Gasteiger partial charge in [-0.3, -0.25) is 0 Å². The Bertz CT molecular complexity index is 352.